The second-order valence-electron chi connectivity index (χ2n) is 6.62. The third kappa shape index (κ3) is 6.55. The van der Waals surface area contributed by atoms with Gasteiger partial charge in [-0.2, -0.15) is 0 Å². The SMILES string of the molecule is CCOc1ccccc1NC(=O)c1ccc(OCCCCOc2ccccc2)cc1. The monoisotopic (exact) mass is 405 g/mol. The lowest BCUT2D eigenvalue weighted by Crippen LogP contribution is -2.13. The van der Waals surface area contributed by atoms with Gasteiger partial charge in [0.2, 0.25) is 0 Å². The molecular weight excluding hydrogens is 378 g/mol. The van der Waals surface area contributed by atoms with Crippen LogP contribution in [0.1, 0.15) is 30.1 Å². The second-order valence-corrected chi connectivity index (χ2v) is 6.62. The van der Waals surface area contributed by atoms with Crippen LogP contribution in [-0.4, -0.2) is 25.7 Å². The van der Waals surface area contributed by atoms with E-state index in [-0.39, 0.29) is 5.91 Å². The largest absolute Gasteiger partial charge is 0.494 e. The Bertz CT molecular complexity index is 910. The van der Waals surface area contributed by atoms with Crippen LogP contribution in [0.2, 0.25) is 0 Å². The van der Waals surface area contributed by atoms with Crippen LogP contribution in [0.4, 0.5) is 5.69 Å². The van der Waals surface area contributed by atoms with E-state index in [4.69, 9.17) is 14.2 Å². The minimum absolute atomic E-state index is 0.188. The summed E-state index contributed by atoms with van der Waals surface area (Å²) in [6.45, 7) is 3.71. The first-order valence-electron chi connectivity index (χ1n) is 10.2. The molecule has 3 aromatic carbocycles. The average molecular weight is 405 g/mol. The molecular formula is C25H27NO4. The summed E-state index contributed by atoms with van der Waals surface area (Å²) in [6, 6.07) is 24.3. The van der Waals surface area contributed by atoms with Gasteiger partial charge in [0.1, 0.15) is 17.2 Å². The van der Waals surface area contributed by atoms with E-state index >= 15 is 0 Å². The number of benzene rings is 3. The minimum atomic E-state index is -0.188. The Morgan fingerprint density at radius 3 is 2.00 bits per heavy atom. The van der Waals surface area contributed by atoms with Gasteiger partial charge in [-0.05, 0) is 68.3 Å². The summed E-state index contributed by atoms with van der Waals surface area (Å²) in [5.41, 5.74) is 1.22. The number of nitrogens with one attached hydrogen (secondary N) is 1. The van der Waals surface area contributed by atoms with Gasteiger partial charge in [0, 0.05) is 5.56 Å². The van der Waals surface area contributed by atoms with E-state index in [1.54, 1.807) is 12.1 Å². The molecule has 0 unspecified atom stereocenters. The molecule has 0 aliphatic carbocycles. The second kappa shape index (κ2) is 11.5. The molecule has 0 heterocycles. The van der Waals surface area contributed by atoms with Crippen LogP contribution in [0, 0.1) is 0 Å². The van der Waals surface area contributed by atoms with Gasteiger partial charge in [-0.15, -0.1) is 0 Å². The fourth-order valence-corrected chi connectivity index (χ4v) is 2.85. The van der Waals surface area contributed by atoms with E-state index in [0.717, 1.165) is 24.3 Å². The number of carbonyl (C=O) groups is 1. The number of para-hydroxylation sites is 3. The summed E-state index contributed by atoms with van der Waals surface area (Å²) in [4.78, 5) is 12.5. The highest BCUT2D eigenvalue weighted by Crippen LogP contribution is 2.24. The highest BCUT2D eigenvalue weighted by atomic mass is 16.5. The van der Waals surface area contributed by atoms with Crippen molar-refractivity contribution >= 4 is 11.6 Å². The molecule has 3 aromatic rings. The van der Waals surface area contributed by atoms with Crippen molar-refractivity contribution in [3.63, 3.8) is 0 Å². The van der Waals surface area contributed by atoms with E-state index < -0.39 is 0 Å². The summed E-state index contributed by atoms with van der Waals surface area (Å²) >= 11 is 0. The van der Waals surface area contributed by atoms with Crippen molar-refractivity contribution < 1.29 is 19.0 Å². The van der Waals surface area contributed by atoms with Gasteiger partial charge in [0.25, 0.3) is 5.91 Å². The normalized spacial score (nSPS) is 10.3. The molecule has 3 rings (SSSR count). The van der Waals surface area contributed by atoms with Gasteiger partial charge >= 0.3 is 0 Å². The summed E-state index contributed by atoms with van der Waals surface area (Å²) in [6.07, 6.45) is 1.80. The van der Waals surface area contributed by atoms with Gasteiger partial charge in [-0.1, -0.05) is 30.3 Å². The molecule has 5 nitrogen and oxygen atoms in total. The molecule has 0 saturated heterocycles. The first kappa shape index (κ1) is 21.2. The number of ether oxygens (including phenoxy) is 3. The molecule has 0 saturated carbocycles. The third-order valence-electron chi connectivity index (χ3n) is 4.37. The predicted molar refractivity (Wildman–Crippen MR) is 119 cm³/mol. The van der Waals surface area contributed by atoms with Crippen molar-refractivity contribution in [2.24, 2.45) is 0 Å². The van der Waals surface area contributed by atoms with Crippen LogP contribution in [0.5, 0.6) is 17.2 Å². The van der Waals surface area contributed by atoms with Gasteiger partial charge in [0.15, 0.2) is 0 Å². The minimum Gasteiger partial charge on any atom is -0.494 e. The van der Waals surface area contributed by atoms with Crippen LogP contribution in [-0.2, 0) is 0 Å². The Labute approximate surface area is 177 Å². The first-order chi connectivity index (χ1) is 14.8. The molecule has 0 bridgehead atoms. The number of rotatable bonds is 11. The molecule has 0 aliphatic rings. The summed E-state index contributed by atoms with van der Waals surface area (Å²) in [7, 11) is 0. The summed E-state index contributed by atoms with van der Waals surface area (Å²) < 4.78 is 17.0. The molecule has 0 fully saturated rings. The van der Waals surface area contributed by atoms with Crippen molar-refractivity contribution in [3.8, 4) is 17.2 Å². The quantitative estimate of drug-likeness (QED) is 0.423. The highest BCUT2D eigenvalue weighted by Gasteiger charge is 2.09. The van der Waals surface area contributed by atoms with Crippen molar-refractivity contribution in [2.75, 3.05) is 25.1 Å². The van der Waals surface area contributed by atoms with Crippen molar-refractivity contribution in [1.82, 2.24) is 0 Å². The van der Waals surface area contributed by atoms with Crippen LogP contribution >= 0.6 is 0 Å². The molecule has 0 aromatic heterocycles. The zero-order valence-electron chi connectivity index (χ0n) is 17.2. The summed E-state index contributed by atoms with van der Waals surface area (Å²) in [5, 5.41) is 2.89. The molecule has 0 spiro atoms. The Kier molecular flexibility index (Phi) is 8.15. The maximum Gasteiger partial charge on any atom is 0.255 e. The van der Waals surface area contributed by atoms with Crippen LogP contribution in [0.3, 0.4) is 0 Å². The van der Waals surface area contributed by atoms with E-state index in [2.05, 4.69) is 5.32 Å². The van der Waals surface area contributed by atoms with E-state index in [0.29, 0.717) is 36.8 Å². The molecule has 5 heteroatoms. The standard InChI is InChI=1S/C25H27NO4/c1-2-28-24-13-7-6-12-23(24)26-25(27)20-14-16-22(17-15-20)30-19-9-8-18-29-21-10-4-3-5-11-21/h3-7,10-17H,2,8-9,18-19H2,1H3,(H,26,27). The van der Waals surface area contributed by atoms with Crippen molar-refractivity contribution in [1.29, 1.82) is 0 Å². The molecule has 1 amide bonds. The van der Waals surface area contributed by atoms with E-state index in [9.17, 15) is 4.79 Å². The number of anilines is 1. The Balaban J connectivity index is 1.40. The zero-order valence-corrected chi connectivity index (χ0v) is 17.2. The number of unbranched alkanes of at least 4 members (excludes halogenated alkanes) is 1. The van der Waals surface area contributed by atoms with E-state index in [1.807, 2.05) is 73.7 Å². The lowest BCUT2D eigenvalue weighted by atomic mass is 10.2. The zero-order chi connectivity index (χ0) is 21.0. The molecule has 0 aliphatic heterocycles. The molecule has 0 atom stereocenters. The third-order valence-corrected chi connectivity index (χ3v) is 4.37. The maximum absolute atomic E-state index is 12.5. The number of amides is 1. The number of hydrogen-bond donors (Lipinski definition) is 1. The Morgan fingerprint density at radius 2 is 1.33 bits per heavy atom. The first-order valence-corrected chi connectivity index (χ1v) is 10.2. The fraction of sp³-hybridized carbons (Fsp3) is 0.240. The molecule has 0 radical (unpaired) electrons. The predicted octanol–water partition coefficient (Wildman–Crippen LogP) is 5.58. The van der Waals surface area contributed by atoms with Gasteiger partial charge in [-0.3, -0.25) is 4.79 Å². The van der Waals surface area contributed by atoms with Crippen LogP contribution in [0.15, 0.2) is 78.9 Å². The van der Waals surface area contributed by atoms with Gasteiger partial charge < -0.3 is 19.5 Å². The average Bonchev–Trinajstić information content (AvgIpc) is 2.79. The maximum atomic E-state index is 12.5. The Hall–Kier alpha value is -3.47. The lowest BCUT2D eigenvalue weighted by molar-refractivity contribution is 0.102. The van der Waals surface area contributed by atoms with Gasteiger partial charge in [-0.25, -0.2) is 0 Å². The van der Waals surface area contributed by atoms with Crippen molar-refractivity contribution in [2.45, 2.75) is 19.8 Å². The van der Waals surface area contributed by atoms with Crippen molar-refractivity contribution in [3.05, 3.63) is 84.4 Å². The summed E-state index contributed by atoms with van der Waals surface area (Å²) in [5.74, 6) is 2.10. The highest BCUT2D eigenvalue weighted by molar-refractivity contribution is 6.05. The molecule has 156 valence electrons. The van der Waals surface area contributed by atoms with Crippen LogP contribution in [0.25, 0.3) is 0 Å². The van der Waals surface area contributed by atoms with Gasteiger partial charge in [0.05, 0.1) is 25.5 Å². The molecule has 30 heavy (non-hydrogen) atoms. The van der Waals surface area contributed by atoms with E-state index in [1.165, 1.54) is 0 Å². The lowest BCUT2D eigenvalue weighted by Gasteiger charge is -2.11. The smallest absolute Gasteiger partial charge is 0.255 e. The molecule has 1 N–H and O–H groups in total. The van der Waals surface area contributed by atoms with Crippen LogP contribution < -0.4 is 19.5 Å². The Morgan fingerprint density at radius 1 is 0.733 bits per heavy atom. The number of carbonyl (C=O) groups excluding carboxylic acids is 1. The topological polar surface area (TPSA) is 56.8 Å². The fourth-order valence-electron chi connectivity index (χ4n) is 2.85. The number of hydrogen-bond acceptors (Lipinski definition) is 4.